The first-order valence-electron chi connectivity index (χ1n) is 9.73. The maximum atomic E-state index is 5.45. The Kier molecular flexibility index (Phi) is 11.2. The van der Waals surface area contributed by atoms with Crippen molar-refractivity contribution in [2.75, 3.05) is 39.9 Å². The highest BCUT2D eigenvalue weighted by molar-refractivity contribution is 14.0. The largest absolute Gasteiger partial charge is 0.381 e. The van der Waals surface area contributed by atoms with E-state index >= 15 is 0 Å². The van der Waals surface area contributed by atoms with Gasteiger partial charge in [-0.2, -0.15) is 0 Å². The smallest absolute Gasteiger partial charge is 0.193 e. The van der Waals surface area contributed by atoms with Crippen LogP contribution >= 0.6 is 24.0 Å². The monoisotopic (exact) mass is 473 g/mol. The molecule has 1 N–H and O–H groups in total. The Balaban J connectivity index is 0.00000338. The van der Waals surface area contributed by atoms with Crippen molar-refractivity contribution in [1.82, 2.24) is 10.2 Å². The van der Waals surface area contributed by atoms with Crippen molar-refractivity contribution in [1.29, 1.82) is 0 Å². The Bertz CT molecular complexity index is 536. The minimum absolute atomic E-state index is 0. The van der Waals surface area contributed by atoms with Crippen molar-refractivity contribution in [2.45, 2.75) is 46.5 Å². The number of benzene rings is 1. The van der Waals surface area contributed by atoms with E-state index in [1.807, 2.05) is 0 Å². The van der Waals surface area contributed by atoms with Gasteiger partial charge < -0.3 is 15.0 Å². The molecule has 0 amide bonds. The molecule has 4 nitrogen and oxygen atoms in total. The van der Waals surface area contributed by atoms with E-state index in [2.05, 4.69) is 56.2 Å². The molecule has 0 bridgehead atoms. The zero-order valence-corrected chi connectivity index (χ0v) is 19.2. The zero-order valence-electron chi connectivity index (χ0n) is 16.9. The molecular formula is C21H36IN3O. The van der Waals surface area contributed by atoms with E-state index in [1.165, 1.54) is 36.0 Å². The molecule has 1 aromatic carbocycles. The summed E-state index contributed by atoms with van der Waals surface area (Å²) in [5, 5.41) is 3.43. The van der Waals surface area contributed by atoms with Crippen molar-refractivity contribution in [3.63, 3.8) is 0 Å². The molecule has 0 spiro atoms. The normalized spacial score (nSPS) is 15.5. The summed E-state index contributed by atoms with van der Waals surface area (Å²) in [6.45, 7) is 11.1. The van der Waals surface area contributed by atoms with Crippen LogP contribution in [0.3, 0.4) is 0 Å². The number of hydrogen-bond donors (Lipinski definition) is 1. The van der Waals surface area contributed by atoms with Gasteiger partial charge in [0.25, 0.3) is 0 Å². The van der Waals surface area contributed by atoms with Gasteiger partial charge in [0, 0.05) is 39.9 Å². The first-order valence-corrected chi connectivity index (χ1v) is 9.73. The molecule has 0 radical (unpaired) electrons. The summed E-state index contributed by atoms with van der Waals surface area (Å²) in [5.41, 5.74) is 4.04. The molecule has 1 aliphatic rings. The van der Waals surface area contributed by atoms with Gasteiger partial charge in [0.1, 0.15) is 0 Å². The summed E-state index contributed by atoms with van der Waals surface area (Å²) in [5.74, 6) is 1.83. The predicted octanol–water partition coefficient (Wildman–Crippen LogP) is 4.18. The van der Waals surface area contributed by atoms with E-state index in [4.69, 9.17) is 9.73 Å². The molecule has 148 valence electrons. The quantitative estimate of drug-likeness (QED) is 0.367. The minimum Gasteiger partial charge on any atom is -0.381 e. The molecule has 0 aliphatic carbocycles. The lowest BCUT2D eigenvalue weighted by Gasteiger charge is -2.26. The Morgan fingerprint density at radius 2 is 1.85 bits per heavy atom. The van der Waals surface area contributed by atoms with Gasteiger partial charge in [0.05, 0.1) is 0 Å². The van der Waals surface area contributed by atoms with Gasteiger partial charge in [-0.1, -0.05) is 29.3 Å². The van der Waals surface area contributed by atoms with Gasteiger partial charge in [-0.25, -0.2) is 0 Å². The predicted molar refractivity (Wildman–Crippen MR) is 122 cm³/mol. The number of aliphatic imine (C=N–C) groups is 1. The average molecular weight is 473 g/mol. The zero-order chi connectivity index (χ0) is 18.1. The standard InChI is InChI=1S/C21H35N3O.HI/c1-5-22-21(24(4)11-7-19-8-12-25-13-9-19)23-10-6-20-15-17(2)14-18(3)16-20;/h14-16,19H,5-13H2,1-4H3,(H,22,23);1H. The topological polar surface area (TPSA) is 36.9 Å². The Hall–Kier alpha value is -0.820. The van der Waals surface area contributed by atoms with Gasteiger partial charge in [0.15, 0.2) is 5.96 Å². The van der Waals surface area contributed by atoms with E-state index in [-0.39, 0.29) is 24.0 Å². The van der Waals surface area contributed by atoms with Crippen molar-refractivity contribution < 1.29 is 4.74 Å². The molecule has 26 heavy (non-hydrogen) atoms. The van der Waals surface area contributed by atoms with Crippen LogP contribution in [-0.2, 0) is 11.2 Å². The molecule has 1 saturated heterocycles. The summed E-state index contributed by atoms with van der Waals surface area (Å²) >= 11 is 0. The van der Waals surface area contributed by atoms with Crippen LogP contribution in [-0.4, -0.2) is 50.8 Å². The molecule has 1 aromatic rings. The van der Waals surface area contributed by atoms with E-state index in [9.17, 15) is 0 Å². The Morgan fingerprint density at radius 1 is 1.19 bits per heavy atom. The average Bonchev–Trinajstić information content (AvgIpc) is 2.59. The van der Waals surface area contributed by atoms with E-state index in [0.29, 0.717) is 0 Å². The molecule has 1 aliphatic heterocycles. The van der Waals surface area contributed by atoms with Crippen LogP contribution in [0.15, 0.2) is 23.2 Å². The molecule has 2 rings (SSSR count). The van der Waals surface area contributed by atoms with Crippen LogP contribution < -0.4 is 5.32 Å². The highest BCUT2D eigenvalue weighted by Gasteiger charge is 2.15. The third-order valence-electron chi connectivity index (χ3n) is 4.85. The highest BCUT2D eigenvalue weighted by Crippen LogP contribution is 2.18. The van der Waals surface area contributed by atoms with Crippen LogP contribution in [0.5, 0.6) is 0 Å². The van der Waals surface area contributed by atoms with E-state index in [1.54, 1.807) is 0 Å². The molecule has 0 aromatic heterocycles. The van der Waals surface area contributed by atoms with Gasteiger partial charge in [-0.3, -0.25) is 4.99 Å². The van der Waals surface area contributed by atoms with Gasteiger partial charge in [-0.15, -0.1) is 24.0 Å². The van der Waals surface area contributed by atoms with E-state index in [0.717, 1.165) is 51.1 Å². The summed E-state index contributed by atoms with van der Waals surface area (Å²) in [7, 11) is 2.15. The number of rotatable bonds is 7. The van der Waals surface area contributed by atoms with E-state index < -0.39 is 0 Å². The van der Waals surface area contributed by atoms with Crippen LogP contribution in [0, 0.1) is 19.8 Å². The molecule has 0 atom stereocenters. The third-order valence-corrected chi connectivity index (χ3v) is 4.85. The lowest BCUT2D eigenvalue weighted by Crippen LogP contribution is -2.40. The second kappa shape index (κ2) is 12.5. The molecular weight excluding hydrogens is 437 g/mol. The number of nitrogens with one attached hydrogen (secondary N) is 1. The Labute approximate surface area is 176 Å². The van der Waals surface area contributed by atoms with Gasteiger partial charge >= 0.3 is 0 Å². The van der Waals surface area contributed by atoms with Crippen molar-refractivity contribution in [2.24, 2.45) is 10.9 Å². The lowest BCUT2D eigenvalue weighted by atomic mass is 9.96. The highest BCUT2D eigenvalue weighted by atomic mass is 127. The maximum Gasteiger partial charge on any atom is 0.193 e. The number of halogens is 1. The SMILES string of the molecule is CCNC(=NCCc1cc(C)cc(C)c1)N(C)CCC1CCOCC1.I. The summed E-state index contributed by atoms with van der Waals surface area (Å²) in [4.78, 5) is 7.12. The molecule has 0 unspecified atom stereocenters. The Morgan fingerprint density at radius 3 is 2.46 bits per heavy atom. The summed E-state index contributed by atoms with van der Waals surface area (Å²) in [6.07, 6.45) is 4.62. The summed E-state index contributed by atoms with van der Waals surface area (Å²) < 4.78 is 5.45. The van der Waals surface area contributed by atoms with Gasteiger partial charge in [0.2, 0.25) is 0 Å². The van der Waals surface area contributed by atoms with Crippen molar-refractivity contribution in [3.8, 4) is 0 Å². The molecule has 1 fully saturated rings. The number of guanidine groups is 1. The number of aryl methyl sites for hydroxylation is 2. The molecule has 1 heterocycles. The first kappa shape index (κ1) is 23.2. The van der Waals surface area contributed by atoms with Crippen molar-refractivity contribution >= 4 is 29.9 Å². The number of hydrogen-bond acceptors (Lipinski definition) is 2. The molecule has 5 heteroatoms. The second-order valence-electron chi connectivity index (χ2n) is 7.25. The van der Waals surface area contributed by atoms with Crippen LogP contribution in [0.4, 0.5) is 0 Å². The maximum absolute atomic E-state index is 5.45. The van der Waals surface area contributed by atoms with Gasteiger partial charge in [-0.05, 0) is 57.9 Å². The second-order valence-corrected chi connectivity index (χ2v) is 7.25. The van der Waals surface area contributed by atoms with Crippen molar-refractivity contribution in [3.05, 3.63) is 34.9 Å². The fourth-order valence-corrected chi connectivity index (χ4v) is 3.49. The number of ether oxygens (including phenoxy) is 1. The fraction of sp³-hybridized carbons (Fsp3) is 0.667. The first-order chi connectivity index (χ1) is 12.1. The summed E-state index contributed by atoms with van der Waals surface area (Å²) in [6, 6.07) is 6.76. The fourth-order valence-electron chi connectivity index (χ4n) is 3.49. The van der Waals surface area contributed by atoms with Crippen LogP contribution in [0.25, 0.3) is 0 Å². The lowest BCUT2D eigenvalue weighted by molar-refractivity contribution is 0.0625. The molecule has 0 saturated carbocycles. The number of nitrogens with zero attached hydrogens (tertiary/aromatic N) is 2. The minimum atomic E-state index is 0. The third kappa shape index (κ3) is 8.25. The van der Waals surface area contributed by atoms with Crippen LogP contribution in [0.2, 0.25) is 0 Å². The van der Waals surface area contributed by atoms with Crippen LogP contribution in [0.1, 0.15) is 42.9 Å².